The highest BCUT2D eigenvalue weighted by Gasteiger charge is 2.53. The van der Waals surface area contributed by atoms with Crippen molar-refractivity contribution >= 4 is 46.7 Å². The summed E-state index contributed by atoms with van der Waals surface area (Å²) in [6.45, 7) is 6.68. The van der Waals surface area contributed by atoms with Crippen LogP contribution in [0.15, 0.2) is 42.5 Å². The SMILES string of the molecule is COc1ccc2c3c1O[C@H]1C[C@@H](OC(=O)CNC(=O)C(NC(=O)C(C)Nc4ccc(Cl)c(Cl)c4)C(C)C)C=C[C@@]31CCN(C)C2. The zero-order valence-electron chi connectivity index (χ0n) is 26.1. The van der Waals surface area contributed by atoms with Gasteiger partial charge in [-0.1, -0.05) is 49.2 Å². The fourth-order valence-electron chi connectivity index (χ4n) is 6.35. The van der Waals surface area contributed by atoms with E-state index in [1.54, 1.807) is 32.2 Å². The van der Waals surface area contributed by atoms with Crippen molar-refractivity contribution in [2.75, 3.05) is 32.6 Å². The molecule has 2 aromatic rings. The van der Waals surface area contributed by atoms with Crippen molar-refractivity contribution in [2.45, 2.75) is 69.9 Å². The summed E-state index contributed by atoms with van der Waals surface area (Å²) in [5.41, 5.74) is 2.66. The van der Waals surface area contributed by atoms with Gasteiger partial charge in [0, 0.05) is 24.2 Å². The topological polar surface area (TPSA) is 118 Å². The molecule has 1 spiro atoms. The molecule has 0 saturated carbocycles. The molecule has 2 aliphatic heterocycles. The molecule has 2 heterocycles. The van der Waals surface area contributed by atoms with E-state index >= 15 is 0 Å². The summed E-state index contributed by atoms with van der Waals surface area (Å²) in [5.74, 6) is -0.216. The Labute approximate surface area is 273 Å². The Morgan fingerprint density at radius 2 is 1.89 bits per heavy atom. The normalized spacial score (nSPS) is 23.1. The van der Waals surface area contributed by atoms with Gasteiger partial charge in [-0.2, -0.15) is 0 Å². The lowest BCUT2D eigenvalue weighted by atomic mass is 9.69. The van der Waals surface area contributed by atoms with Crippen LogP contribution >= 0.6 is 23.2 Å². The molecule has 5 atom stereocenters. The van der Waals surface area contributed by atoms with E-state index in [-0.39, 0.29) is 29.9 Å². The second kappa shape index (κ2) is 13.5. The van der Waals surface area contributed by atoms with E-state index < -0.39 is 30.1 Å². The predicted molar refractivity (Wildman–Crippen MR) is 173 cm³/mol. The van der Waals surface area contributed by atoms with Crippen molar-refractivity contribution in [3.05, 3.63) is 63.7 Å². The number of amides is 2. The van der Waals surface area contributed by atoms with Crippen LogP contribution in [0.1, 0.15) is 44.7 Å². The summed E-state index contributed by atoms with van der Waals surface area (Å²) < 4.78 is 17.9. The van der Waals surface area contributed by atoms with E-state index in [1.807, 2.05) is 26.0 Å². The van der Waals surface area contributed by atoms with Gasteiger partial charge in [0.15, 0.2) is 11.5 Å². The van der Waals surface area contributed by atoms with Crippen molar-refractivity contribution in [1.82, 2.24) is 15.5 Å². The molecule has 5 rings (SSSR count). The summed E-state index contributed by atoms with van der Waals surface area (Å²) in [5, 5.41) is 9.21. The van der Waals surface area contributed by atoms with Gasteiger partial charge in [0.25, 0.3) is 0 Å². The number of ether oxygens (including phenoxy) is 3. The highest BCUT2D eigenvalue weighted by Crippen LogP contribution is 2.55. The average Bonchev–Trinajstić information content (AvgIpc) is 3.26. The predicted octanol–water partition coefficient (Wildman–Crippen LogP) is 4.47. The Hall–Kier alpha value is -3.47. The molecule has 0 aromatic heterocycles. The zero-order chi connectivity index (χ0) is 32.5. The van der Waals surface area contributed by atoms with E-state index in [2.05, 4.69) is 40.0 Å². The van der Waals surface area contributed by atoms with E-state index in [9.17, 15) is 14.4 Å². The van der Waals surface area contributed by atoms with Gasteiger partial charge < -0.3 is 35.1 Å². The minimum atomic E-state index is -0.860. The van der Waals surface area contributed by atoms with Crippen LogP contribution in [-0.4, -0.2) is 74.2 Å². The van der Waals surface area contributed by atoms with Crippen LogP contribution in [0, 0.1) is 5.92 Å². The van der Waals surface area contributed by atoms with Crippen molar-refractivity contribution in [2.24, 2.45) is 5.92 Å². The van der Waals surface area contributed by atoms with Crippen LogP contribution < -0.4 is 25.4 Å². The molecule has 10 nitrogen and oxygen atoms in total. The van der Waals surface area contributed by atoms with E-state index in [1.165, 1.54) is 5.56 Å². The molecule has 12 heteroatoms. The van der Waals surface area contributed by atoms with Crippen LogP contribution in [0.3, 0.4) is 0 Å². The molecule has 0 saturated heterocycles. The number of nitrogens with one attached hydrogen (secondary N) is 3. The molecule has 2 aromatic carbocycles. The first-order chi connectivity index (χ1) is 21.4. The van der Waals surface area contributed by atoms with E-state index in [4.69, 9.17) is 37.4 Å². The summed E-state index contributed by atoms with van der Waals surface area (Å²) in [6.07, 6.45) is 4.69. The first-order valence-electron chi connectivity index (χ1n) is 15.2. The molecule has 3 aliphatic rings. The van der Waals surface area contributed by atoms with Crippen LogP contribution in [0.5, 0.6) is 11.5 Å². The first kappa shape index (κ1) is 32.9. The molecular weight excluding hydrogens is 619 g/mol. The molecule has 0 fully saturated rings. The minimum Gasteiger partial charge on any atom is -0.493 e. The fraction of sp³-hybridized carbons (Fsp3) is 0.485. The molecule has 3 N–H and O–H groups in total. The van der Waals surface area contributed by atoms with Crippen LogP contribution in [0.25, 0.3) is 0 Å². The number of hydrogen-bond acceptors (Lipinski definition) is 8. The lowest BCUT2D eigenvalue weighted by Crippen LogP contribution is -2.53. The monoisotopic (exact) mass is 658 g/mol. The number of carbonyl (C=O) groups is 3. The Morgan fingerprint density at radius 1 is 1.11 bits per heavy atom. The Balaban J connectivity index is 1.17. The number of hydrogen-bond donors (Lipinski definition) is 3. The third kappa shape index (κ3) is 6.88. The number of anilines is 1. The molecule has 0 bridgehead atoms. The maximum atomic E-state index is 13.1. The van der Waals surface area contributed by atoms with Gasteiger partial charge >= 0.3 is 5.97 Å². The number of nitrogens with zero attached hydrogens (tertiary/aromatic N) is 1. The molecule has 2 amide bonds. The molecule has 1 aliphatic carbocycles. The third-order valence-corrected chi connectivity index (χ3v) is 9.50. The highest BCUT2D eigenvalue weighted by atomic mass is 35.5. The van der Waals surface area contributed by atoms with Crippen molar-refractivity contribution in [3.8, 4) is 11.5 Å². The summed E-state index contributed by atoms with van der Waals surface area (Å²) in [6, 6.07) is 7.48. The van der Waals surface area contributed by atoms with Gasteiger partial charge in [-0.15, -0.1) is 0 Å². The smallest absolute Gasteiger partial charge is 0.326 e. The number of carbonyl (C=O) groups excluding carboxylic acids is 3. The molecule has 45 heavy (non-hydrogen) atoms. The van der Waals surface area contributed by atoms with Crippen LogP contribution in [0.2, 0.25) is 10.0 Å². The van der Waals surface area contributed by atoms with Crippen molar-refractivity contribution in [3.63, 3.8) is 0 Å². The van der Waals surface area contributed by atoms with Crippen molar-refractivity contribution < 1.29 is 28.6 Å². The summed E-state index contributed by atoms with van der Waals surface area (Å²) in [4.78, 5) is 41.1. The second-order valence-corrected chi connectivity index (χ2v) is 13.1. The standard InChI is InChI=1S/C33H40Cl2N4O6/c1-18(2)29(38-31(41)19(3)37-21-7-8-23(34)24(35)14-21)32(42)36-16-27(40)44-22-10-11-33-12-13-39(4)17-20-6-9-25(43-5)30(28(20)33)45-26(33)15-22/h6-11,14,18-19,22,26,29,37H,12-13,15-17H2,1-5H3,(H,36,42)(H,38,41)/t19?,22-,26-,29?,33-/m0/s1. The summed E-state index contributed by atoms with van der Waals surface area (Å²) in [7, 11) is 3.75. The summed E-state index contributed by atoms with van der Waals surface area (Å²) >= 11 is 12.0. The quantitative estimate of drug-likeness (QED) is 0.253. The highest BCUT2D eigenvalue weighted by molar-refractivity contribution is 6.42. The molecule has 2 unspecified atom stereocenters. The lowest BCUT2D eigenvalue weighted by molar-refractivity contribution is -0.148. The average molecular weight is 660 g/mol. The van der Waals surface area contributed by atoms with Crippen molar-refractivity contribution in [1.29, 1.82) is 0 Å². The minimum absolute atomic E-state index is 0.216. The number of rotatable bonds is 10. The van der Waals surface area contributed by atoms with Gasteiger partial charge in [0.1, 0.15) is 30.8 Å². The number of methoxy groups -OCH3 is 1. The number of esters is 1. The zero-order valence-corrected chi connectivity index (χ0v) is 27.6. The fourth-order valence-corrected chi connectivity index (χ4v) is 6.65. The number of benzene rings is 2. The Bertz CT molecular complexity index is 1500. The maximum absolute atomic E-state index is 13.1. The van der Waals surface area contributed by atoms with Gasteiger partial charge in [0.05, 0.1) is 22.6 Å². The second-order valence-electron chi connectivity index (χ2n) is 12.3. The number of halogens is 2. The lowest BCUT2D eigenvalue weighted by Gasteiger charge is -2.36. The van der Waals surface area contributed by atoms with Crippen LogP contribution in [0.4, 0.5) is 5.69 Å². The molecular formula is C33H40Cl2N4O6. The third-order valence-electron chi connectivity index (χ3n) is 8.76. The maximum Gasteiger partial charge on any atom is 0.326 e. The van der Waals surface area contributed by atoms with E-state index in [0.29, 0.717) is 27.9 Å². The Morgan fingerprint density at radius 3 is 2.60 bits per heavy atom. The molecule has 242 valence electrons. The van der Waals surface area contributed by atoms with Gasteiger partial charge in [-0.3, -0.25) is 14.4 Å². The first-order valence-corrected chi connectivity index (χ1v) is 15.9. The van der Waals surface area contributed by atoms with Gasteiger partial charge in [0.2, 0.25) is 11.8 Å². The van der Waals surface area contributed by atoms with Gasteiger partial charge in [-0.05, 0) is 68.8 Å². The van der Waals surface area contributed by atoms with Crippen LogP contribution in [-0.2, 0) is 31.1 Å². The Kier molecular flexibility index (Phi) is 9.86. The van der Waals surface area contributed by atoms with E-state index in [0.717, 1.165) is 30.8 Å². The largest absolute Gasteiger partial charge is 0.493 e. The van der Waals surface area contributed by atoms with Gasteiger partial charge in [-0.25, -0.2) is 0 Å². The molecule has 0 radical (unpaired) electrons.